The highest BCUT2D eigenvalue weighted by Gasteiger charge is 2.13. The molecule has 5 heteroatoms. The highest BCUT2D eigenvalue weighted by molar-refractivity contribution is 8.00. The van der Waals surface area contributed by atoms with Crippen molar-refractivity contribution in [2.24, 2.45) is 5.92 Å². The Morgan fingerprint density at radius 2 is 2.00 bits per heavy atom. The summed E-state index contributed by atoms with van der Waals surface area (Å²) < 4.78 is 4.65. The highest BCUT2D eigenvalue weighted by Crippen LogP contribution is 2.19. The van der Waals surface area contributed by atoms with Gasteiger partial charge in [0.15, 0.2) is 0 Å². The zero-order valence-corrected chi connectivity index (χ0v) is 13.8. The molecule has 21 heavy (non-hydrogen) atoms. The van der Waals surface area contributed by atoms with Crippen LogP contribution >= 0.6 is 11.8 Å². The Hall–Kier alpha value is -1.49. The molecule has 0 spiro atoms. The minimum Gasteiger partial charge on any atom is -0.469 e. The standard InChI is InChI=1S/C16H23NO3S/c1-11(2)13-6-5-7-14(8-13)17-15(18)10-21-9-12(3)16(19)20-4/h5-8,11-12H,9-10H2,1-4H3,(H,17,18). The van der Waals surface area contributed by atoms with Crippen molar-refractivity contribution in [2.75, 3.05) is 23.9 Å². The second-order valence-electron chi connectivity index (χ2n) is 5.27. The van der Waals surface area contributed by atoms with Crippen LogP contribution in [-0.2, 0) is 14.3 Å². The lowest BCUT2D eigenvalue weighted by atomic mass is 10.0. The van der Waals surface area contributed by atoms with Crippen molar-refractivity contribution in [3.8, 4) is 0 Å². The molecule has 116 valence electrons. The average molecular weight is 309 g/mol. The van der Waals surface area contributed by atoms with E-state index in [2.05, 4.69) is 23.9 Å². The number of anilines is 1. The molecule has 0 saturated carbocycles. The molecule has 0 radical (unpaired) electrons. The molecule has 1 atom stereocenters. The van der Waals surface area contributed by atoms with Crippen molar-refractivity contribution >= 4 is 29.3 Å². The van der Waals surface area contributed by atoms with Crippen molar-refractivity contribution in [3.05, 3.63) is 29.8 Å². The van der Waals surface area contributed by atoms with Gasteiger partial charge in [0.05, 0.1) is 18.8 Å². The number of ether oxygens (including phenoxy) is 1. The van der Waals surface area contributed by atoms with Crippen molar-refractivity contribution < 1.29 is 14.3 Å². The van der Waals surface area contributed by atoms with Crippen LogP contribution in [0.3, 0.4) is 0 Å². The third kappa shape index (κ3) is 6.21. The first-order chi connectivity index (χ1) is 9.93. The SMILES string of the molecule is COC(=O)C(C)CSCC(=O)Nc1cccc(C(C)C)c1. The number of benzene rings is 1. The smallest absolute Gasteiger partial charge is 0.309 e. The first kappa shape index (κ1) is 17.6. The average Bonchev–Trinajstić information content (AvgIpc) is 2.46. The fourth-order valence-corrected chi connectivity index (χ4v) is 2.64. The number of hydrogen-bond donors (Lipinski definition) is 1. The Bertz CT molecular complexity index is 488. The molecular weight excluding hydrogens is 286 g/mol. The summed E-state index contributed by atoms with van der Waals surface area (Å²) in [5.41, 5.74) is 2.01. The summed E-state index contributed by atoms with van der Waals surface area (Å²) >= 11 is 1.43. The van der Waals surface area contributed by atoms with Gasteiger partial charge in [-0.2, -0.15) is 11.8 Å². The predicted molar refractivity (Wildman–Crippen MR) is 87.7 cm³/mol. The van der Waals surface area contributed by atoms with Crippen LogP contribution in [0.15, 0.2) is 24.3 Å². The summed E-state index contributed by atoms with van der Waals surface area (Å²) in [6.45, 7) is 6.03. The van der Waals surface area contributed by atoms with E-state index in [1.165, 1.54) is 24.4 Å². The highest BCUT2D eigenvalue weighted by atomic mass is 32.2. The number of thioether (sulfide) groups is 1. The molecular formula is C16H23NO3S. The predicted octanol–water partition coefficient (Wildman–Crippen LogP) is 3.29. The monoisotopic (exact) mass is 309 g/mol. The van der Waals surface area contributed by atoms with E-state index >= 15 is 0 Å². The lowest BCUT2D eigenvalue weighted by Crippen LogP contribution is -2.18. The summed E-state index contributed by atoms with van der Waals surface area (Å²) in [4.78, 5) is 23.1. The summed E-state index contributed by atoms with van der Waals surface area (Å²) in [5, 5.41) is 2.88. The quantitative estimate of drug-likeness (QED) is 0.785. The second-order valence-corrected chi connectivity index (χ2v) is 6.30. The molecule has 0 heterocycles. The van der Waals surface area contributed by atoms with Gasteiger partial charge in [-0.3, -0.25) is 9.59 Å². The number of rotatable bonds is 7. The molecule has 1 rings (SSSR count). The lowest BCUT2D eigenvalue weighted by molar-refractivity contribution is -0.144. The second kappa shape index (κ2) is 8.72. The molecule has 1 unspecified atom stereocenters. The van der Waals surface area contributed by atoms with Crippen LogP contribution in [0.25, 0.3) is 0 Å². The zero-order valence-electron chi connectivity index (χ0n) is 13.0. The Labute approximate surface area is 130 Å². The third-order valence-electron chi connectivity index (χ3n) is 3.04. The van der Waals surface area contributed by atoms with E-state index in [1.807, 2.05) is 24.3 Å². The molecule has 1 aromatic carbocycles. The molecule has 0 aliphatic heterocycles. The molecule has 1 amide bonds. The van der Waals surface area contributed by atoms with Gasteiger partial charge in [0.2, 0.25) is 5.91 Å². The Morgan fingerprint density at radius 3 is 2.62 bits per heavy atom. The first-order valence-electron chi connectivity index (χ1n) is 6.99. The zero-order chi connectivity index (χ0) is 15.8. The summed E-state index contributed by atoms with van der Waals surface area (Å²) in [6.07, 6.45) is 0. The summed E-state index contributed by atoms with van der Waals surface area (Å²) in [7, 11) is 1.37. The molecule has 0 fully saturated rings. The van der Waals surface area contributed by atoms with Crippen molar-refractivity contribution in [1.29, 1.82) is 0 Å². The maximum absolute atomic E-state index is 11.9. The van der Waals surface area contributed by atoms with Crippen LogP contribution in [0.1, 0.15) is 32.3 Å². The van der Waals surface area contributed by atoms with Crippen LogP contribution in [0.5, 0.6) is 0 Å². The van der Waals surface area contributed by atoms with E-state index in [4.69, 9.17) is 0 Å². The minimum absolute atomic E-state index is 0.0574. The minimum atomic E-state index is -0.243. The van der Waals surface area contributed by atoms with Gasteiger partial charge < -0.3 is 10.1 Å². The molecule has 0 aliphatic rings. The van der Waals surface area contributed by atoms with Crippen molar-refractivity contribution in [1.82, 2.24) is 0 Å². The molecule has 1 aromatic rings. The van der Waals surface area contributed by atoms with E-state index in [0.717, 1.165) is 5.69 Å². The van der Waals surface area contributed by atoms with Gasteiger partial charge >= 0.3 is 5.97 Å². The largest absolute Gasteiger partial charge is 0.469 e. The first-order valence-corrected chi connectivity index (χ1v) is 8.15. The Kier molecular flexibility index (Phi) is 7.29. The fourth-order valence-electron chi connectivity index (χ4n) is 1.77. The molecule has 0 bridgehead atoms. The van der Waals surface area contributed by atoms with Gasteiger partial charge in [-0.15, -0.1) is 0 Å². The fraction of sp³-hybridized carbons (Fsp3) is 0.500. The van der Waals surface area contributed by atoms with E-state index in [-0.39, 0.29) is 17.8 Å². The number of carbonyl (C=O) groups is 2. The van der Waals surface area contributed by atoms with Crippen LogP contribution in [0.2, 0.25) is 0 Å². The maximum Gasteiger partial charge on any atom is 0.309 e. The summed E-state index contributed by atoms with van der Waals surface area (Å²) in [5.74, 6) is 0.832. The van der Waals surface area contributed by atoms with Gasteiger partial charge in [-0.05, 0) is 23.6 Å². The van der Waals surface area contributed by atoms with Crippen molar-refractivity contribution in [2.45, 2.75) is 26.7 Å². The van der Waals surface area contributed by atoms with Crippen molar-refractivity contribution in [3.63, 3.8) is 0 Å². The number of carbonyl (C=O) groups excluding carboxylic acids is 2. The molecule has 0 aliphatic carbocycles. The number of esters is 1. The normalized spacial score (nSPS) is 12.0. The van der Waals surface area contributed by atoms with Gasteiger partial charge in [0.25, 0.3) is 0 Å². The van der Waals surface area contributed by atoms with Crippen LogP contribution in [0, 0.1) is 5.92 Å². The Morgan fingerprint density at radius 1 is 1.29 bits per heavy atom. The van der Waals surface area contributed by atoms with Crippen LogP contribution < -0.4 is 5.32 Å². The number of hydrogen-bond acceptors (Lipinski definition) is 4. The number of nitrogens with one attached hydrogen (secondary N) is 1. The topological polar surface area (TPSA) is 55.4 Å². The lowest BCUT2D eigenvalue weighted by Gasteiger charge is -2.10. The van der Waals surface area contributed by atoms with Gasteiger partial charge in [-0.25, -0.2) is 0 Å². The van der Waals surface area contributed by atoms with Gasteiger partial charge in [0, 0.05) is 11.4 Å². The maximum atomic E-state index is 11.9. The summed E-state index contributed by atoms with van der Waals surface area (Å²) in [6, 6.07) is 7.86. The molecule has 0 saturated heterocycles. The van der Waals surface area contributed by atoms with E-state index < -0.39 is 0 Å². The Balaban J connectivity index is 2.40. The third-order valence-corrected chi connectivity index (χ3v) is 4.24. The van der Waals surface area contributed by atoms with E-state index in [0.29, 0.717) is 17.4 Å². The number of methoxy groups -OCH3 is 1. The van der Waals surface area contributed by atoms with E-state index in [9.17, 15) is 9.59 Å². The molecule has 1 N–H and O–H groups in total. The van der Waals surface area contributed by atoms with E-state index in [1.54, 1.807) is 6.92 Å². The molecule has 4 nitrogen and oxygen atoms in total. The molecule has 0 aromatic heterocycles. The number of amides is 1. The van der Waals surface area contributed by atoms with Gasteiger partial charge in [-0.1, -0.05) is 32.9 Å². The van der Waals surface area contributed by atoms with Gasteiger partial charge in [0.1, 0.15) is 0 Å². The van der Waals surface area contributed by atoms with Crippen LogP contribution in [-0.4, -0.2) is 30.5 Å². The van der Waals surface area contributed by atoms with Crippen LogP contribution in [0.4, 0.5) is 5.69 Å².